The maximum atomic E-state index is 13.7. The van der Waals surface area contributed by atoms with Crippen molar-refractivity contribution >= 4 is 57.6 Å². The molecule has 1 aliphatic rings. The van der Waals surface area contributed by atoms with Crippen molar-refractivity contribution in [2.45, 2.75) is 6.92 Å². The highest BCUT2D eigenvalue weighted by Gasteiger charge is 2.33. The predicted molar refractivity (Wildman–Crippen MR) is 120 cm³/mol. The summed E-state index contributed by atoms with van der Waals surface area (Å²) in [5.74, 6) is -0.782. The van der Waals surface area contributed by atoms with Crippen LogP contribution in [0.2, 0.25) is 5.28 Å². The number of aryl methyl sites for hydroxylation is 1. The van der Waals surface area contributed by atoms with E-state index in [1.165, 1.54) is 11.8 Å². The van der Waals surface area contributed by atoms with Crippen LogP contribution in [-0.2, 0) is 4.79 Å². The van der Waals surface area contributed by atoms with E-state index >= 15 is 0 Å². The SMILES string of the molecule is Cc1ccccc1N1C(=O)/C(=C\c2ccc(Oc3nc(Cl)ncc3F)cc2)SC1=S. The van der Waals surface area contributed by atoms with E-state index in [-0.39, 0.29) is 17.1 Å². The fraction of sp³-hybridized carbons (Fsp3) is 0.0476. The molecule has 3 aromatic rings. The molecular weight excluding hydrogens is 445 g/mol. The number of rotatable bonds is 4. The number of ether oxygens (including phenoxy) is 1. The number of anilines is 1. The average molecular weight is 458 g/mol. The number of carbonyl (C=O) groups is 1. The van der Waals surface area contributed by atoms with Gasteiger partial charge < -0.3 is 4.74 Å². The van der Waals surface area contributed by atoms with E-state index in [9.17, 15) is 9.18 Å². The molecule has 0 aliphatic carbocycles. The van der Waals surface area contributed by atoms with Crippen LogP contribution >= 0.6 is 35.6 Å². The van der Waals surface area contributed by atoms with Crippen LogP contribution in [0.15, 0.2) is 59.6 Å². The Bertz CT molecular complexity index is 1190. The fourth-order valence-corrected chi connectivity index (χ4v) is 4.20. The van der Waals surface area contributed by atoms with E-state index in [4.69, 9.17) is 28.6 Å². The van der Waals surface area contributed by atoms with Gasteiger partial charge in [-0.3, -0.25) is 9.69 Å². The van der Waals surface area contributed by atoms with E-state index < -0.39 is 5.82 Å². The molecule has 150 valence electrons. The summed E-state index contributed by atoms with van der Waals surface area (Å²) >= 11 is 12.3. The minimum absolute atomic E-state index is 0.112. The van der Waals surface area contributed by atoms with Crippen molar-refractivity contribution in [3.05, 3.63) is 81.9 Å². The molecule has 0 radical (unpaired) electrons. The molecule has 0 atom stereocenters. The van der Waals surface area contributed by atoms with Crippen LogP contribution in [0.4, 0.5) is 10.1 Å². The van der Waals surface area contributed by atoms with Gasteiger partial charge >= 0.3 is 0 Å². The van der Waals surface area contributed by atoms with Crippen LogP contribution in [0.5, 0.6) is 11.6 Å². The highest BCUT2D eigenvalue weighted by molar-refractivity contribution is 8.27. The minimum atomic E-state index is -0.719. The van der Waals surface area contributed by atoms with Crippen molar-refractivity contribution in [1.29, 1.82) is 0 Å². The molecule has 9 heteroatoms. The number of amides is 1. The molecule has 30 heavy (non-hydrogen) atoms. The Hall–Kier alpha value is -2.81. The highest BCUT2D eigenvalue weighted by atomic mass is 35.5. The summed E-state index contributed by atoms with van der Waals surface area (Å²) in [5.41, 5.74) is 2.51. The van der Waals surface area contributed by atoms with Gasteiger partial charge in [0.2, 0.25) is 11.1 Å². The summed E-state index contributed by atoms with van der Waals surface area (Å²) < 4.78 is 19.6. The van der Waals surface area contributed by atoms with Crippen LogP contribution in [-0.4, -0.2) is 20.2 Å². The largest absolute Gasteiger partial charge is 0.436 e. The number of hydrogen-bond donors (Lipinski definition) is 0. The number of nitrogens with zero attached hydrogens (tertiary/aromatic N) is 3. The maximum absolute atomic E-state index is 13.7. The van der Waals surface area contributed by atoms with Crippen molar-refractivity contribution < 1.29 is 13.9 Å². The first-order valence-corrected chi connectivity index (χ1v) is 10.3. The second kappa shape index (κ2) is 8.51. The van der Waals surface area contributed by atoms with Gasteiger partial charge in [-0.1, -0.05) is 54.3 Å². The molecule has 1 amide bonds. The van der Waals surface area contributed by atoms with Gasteiger partial charge in [-0.15, -0.1) is 0 Å². The van der Waals surface area contributed by atoms with Gasteiger partial charge in [0.25, 0.3) is 11.8 Å². The quantitative estimate of drug-likeness (QED) is 0.281. The molecular formula is C21H13ClFN3O2S2. The van der Waals surface area contributed by atoms with E-state index in [1.54, 1.807) is 35.2 Å². The molecule has 1 aromatic heterocycles. The number of benzene rings is 2. The second-order valence-corrected chi connectivity index (χ2v) is 8.28. The summed E-state index contributed by atoms with van der Waals surface area (Å²) in [6.45, 7) is 1.93. The third-order valence-electron chi connectivity index (χ3n) is 4.22. The molecule has 2 heterocycles. The minimum Gasteiger partial charge on any atom is -0.436 e. The van der Waals surface area contributed by atoms with Gasteiger partial charge in [0.1, 0.15) is 5.75 Å². The van der Waals surface area contributed by atoms with Crippen molar-refractivity contribution in [2.24, 2.45) is 0 Å². The van der Waals surface area contributed by atoms with Gasteiger partial charge in [0.15, 0.2) is 4.32 Å². The Morgan fingerprint density at radius 2 is 1.93 bits per heavy atom. The first-order chi connectivity index (χ1) is 14.4. The monoisotopic (exact) mass is 457 g/mol. The number of hydrogen-bond acceptors (Lipinski definition) is 6. The second-order valence-electron chi connectivity index (χ2n) is 6.27. The zero-order chi connectivity index (χ0) is 21.3. The lowest BCUT2D eigenvalue weighted by atomic mass is 10.1. The normalized spacial score (nSPS) is 15.2. The Kier molecular flexibility index (Phi) is 5.80. The molecule has 0 spiro atoms. The zero-order valence-corrected chi connectivity index (χ0v) is 17.9. The zero-order valence-electron chi connectivity index (χ0n) is 15.5. The lowest BCUT2D eigenvalue weighted by Gasteiger charge is -2.16. The van der Waals surface area contributed by atoms with Crippen LogP contribution in [0.3, 0.4) is 0 Å². The Morgan fingerprint density at radius 3 is 2.67 bits per heavy atom. The summed E-state index contributed by atoms with van der Waals surface area (Å²) in [6.07, 6.45) is 2.69. The lowest BCUT2D eigenvalue weighted by molar-refractivity contribution is -0.113. The van der Waals surface area contributed by atoms with Crippen molar-refractivity contribution in [3.63, 3.8) is 0 Å². The molecule has 1 fully saturated rings. The number of aromatic nitrogens is 2. The molecule has 1 aliphatic heterocycles. The summed E-state index contributed by atoms with van der Waals surface area (Å²) in [4.78, 5) is 22.2. The fourth-order valence-electron chi connectivity index (χ4n) is 2.79. The van der Waals surface area contributed by atoms with Crippen LogP contribution < -0.4 is 9.64 Å². The first kappa shape index (κ1) is 20.5. The number of carbonyl (C=O) groups excluding carboxylic acids is 1. The van der Waals surface area contributed by atoms with Crippen LogP contribution in [0.1, 0.15) is 11.1 Å². The highest BCUT2D eigenvalue weighted by Crippen LogP contribution is 2.37. The predicted octanol–water partition coefficient (Wildman–Crippen LogP) is 5.78. The van der Waals surface area contributed by atoms with Crippen LogP contribution in [0.25, 0.3) is 6.08 Å². The molecule has 5 nitrogen and oxygen atoms in total. The Morgan fingerprint density at radius 1 is 1.20 bits per heavy atom. The standard InChI is InChI=1S/C21H13ClFN3O2S2/c1-12-4-2-3-5-16(12)26-19(27)17(30-21(26)29)10-13-6-8-14(9-7-13)28-18-15(23)11-24-20(22)25-18/h2-11H,1H3/b17-10+. The van der Waals surface area contributed by atoms with Crippen LogP contribution in [0, 0.1) is 12.7 Å². The summed E-state index contributed by atoms with van der Waals surface area (Å²) in [7, 11) is 0. The lowest BCUT2D eigenvalue weighted by Crippen LogP contribution is -2.28. The molecule has 0 N–H and O–H groups in total. The van der Waals surface area contributed by atoms with E-state index in [0.717, 1.165) is 23.0 Å². The van der Waals surface area contributed by atoms with Crippen molar-refractivity contribution in [3.8, 4) is 11.6 Å². The molecule has 2 aromatic carbocycles. The molecule has 0 unspecified atom stereocenters. The molecule has 0 bridgehead atoms. The van der Waals surface area contributed by atoms with Gasteiger partial charge in [-0.2, -0.15) is 9.37 Å². The number of thiocarbonyl (C=S) groups is 1. The van der Waals surface area contributed by atoms with E-state index in [0.29, 0.717) is 15.0 Å². The van der Waals surface area contributed by atoms with Crippen molar-refractivity contribution in [2.75, 3.05) is 4.90 Å². The van der Waals surface area contributed by atoms with Gasteiger partial charge in [-0.25, -0.2) is 4.98 Å². The number of thioether (sulfide) groups is 1. The number of halogens is 2. The maximum Gasteiger partial charge on any atom is 0.270 e. The smallest absolute Gasteiger partial charge is 0.270 e. The molecule has 0 saturated carbocycles. The topological polar surface area (TPSA) is 55.3 Å². The summed E-state index contributed by atoms with van der Waals surface area (Å²) in [6, 6.07) is 14.4. The van der Waals surface area contributed by atoms with Gasteiger partial charge in [-0.05, 0) is 53.9 Å². The average Bonchev–Trinajstić information content (AvgIpc) is 3.00. The van der Waals surface area contributed by atoms with Gasteiger partial charge in [0, 0.05) is 0 Å². The Balaban J connectivity index is 1.54. The van der Waals surface area contributed by atoms with Crippen molar-refractivity contribution in [1.82, 2.24) is 9.97 Å². The summed E-state index contributed by atoms with van der Waals surface area (Å²) in [5, 5.41) is -0.112. The van der Waals surface area contributed by atoms with E-state index in [2.05, 4.69) is 9.97 Å². The molecule has 4 rings (SSSR count). The molecule has 1 saturated heterocycles. The van der Waals surface area contributed by atoms with E-state index in [1.807, 2.05) is 31.2 Å². The first-order valence-electron chi connectivity index (χ1n) is 8.72. The Labute approximate surface area is 186 Å². The third-order valence-corrected chi connectivity index (χ3v) is 5.71. The van der Waals surface area contributed by atoms with Gasteiger partial charge in [0.05, 0.1) is 16.8 Å². The number of para-hydroxylation sites is 1. The third kappa shape index (κ3) is 4.21.